The van der Waals surface area contributed by atoms with E-state index in [2.05, 4.69) is 48.1 Å². The highest BCUT2D eigenvalue weighted by molar-refractivity contribution is 14.0. The third kappa shape index (κ3) is 10.7. The van der Waals surface area contributed by atoms with Crippen LogP contribution < -0.4 is 10.6 Å². The van der Waals surface area contributed by atoms with Gasteiger partial charge in [0.05, 0.1) is 6.54 Å². The molecule has 0 aromatic carbocycles. The molecule has 0 aromatic rings. The molecule has 0 saturated carbocycles. The number of aliphatic imine (C=N–C) groups is 1. The zero-order chi connectivity index (χ0) is 16.9. The standard InChI is InChI=1S/C18H39N5.HI/c1-5-8-9-10-17(4)21-18(19-6-2)20-11-12-23-15-13-22(7-3)14-16-23;/h17H,5-16H2,1-4H3,(H2,19,20,21);1H. The van der Waals surface area contributed by atoms with E-state index in [0.29, 0.717) is 6.04 Å². The Morgan fingerprint density at radius 3 is 2.29 bits per heavy atom. The lowest BCUT2D eigenvalue weighted by atomic mass is 10.1. The van der Waals surface area contributed by atoms with Crippen molar-refractivity contribution < 1.29 is 0 Å². The van der Waals surface area contributed by atoms with Gasteiger partial charge in [0.15, 0.2) is 5.96 Å². The predicted octanol–water partition coefficient (Wildman–Crippen LogP) is 2.77. The summed E-state index contributed by atoms with van der Waals surface area (Å²) in [7, 11) is 0. The largest absolute Gasteiger partial charge is 0.357 e. The Labute approximate surface area is 167 Å². The Kier molecular flexibility index (Phi) is 15.1. The Bertz CT molecular complexity index is 317. The average molecular weight is 453 g/mol. The SMILES string of the molecule is CCCCCC(C)NC(=NCCN1CCN(CC)CC1)NCC.I. The van der Waals surface area contributed by atoms with Crippen LogP contribution in [-0.2, 0) is 0 Å². The van der Waals surface area contributed by atoms with Crippen molar-refractivity contribution in [2.24, 2.45) is 4.99 Å². The first kappa shape index (κ1) is 23.9. The van der Waals surface area contributed by atoms with Crippen molar-refractivity contribution >= 4 is 29.9 Å². The van der Waals surface area contributed by atoms with Gasteiger partial charge in [-0.05, 0) is 26.8 Å². The second-order valence-electron chi connectivity index (χ2n) is 6.58. The molecule has 1 saturated heterocycles. The predicted molar refractivity (Wildman–Crippen MR) is 117 cm³/mol. The van der Waals surface area contributed by atoms with Crippen molar-refractivity contribution in [1.29, 1.82) is 0 Å². The van der Waals surface area contributed by atoms with Crippen molar-refractivity contribution in [3.63, 3.8) is 0 Å². The summed E-state index contributed by atoms with van der Waals surface area (Å²) in [6, 6.07) is 0.493. The van der Waals surface area contributed by atoms with Crippen LogP contribution in [-0.4, -0.2) is 74.2 Å². The number of hydrogen-bond acceptors (Lipinski definition) is 3. The van der Waals surface area contributed by atoms with Crippen LogP contribution in [0.5, 0.6) is 0 Å². The summed E-state index contributed by atoms with van der Waals surface area (Å²) >= 11 is 0. The fraction of sp³-hybridized carbons (Fsp3) is 0.944. The molecule has 1 aliphatic heterocycles. The van der Waals surface area contributed by atoms with Crippen LogP contribution in [0.15, 0.2) is 4.99 Å². The van der Waals surface area contributed by atoms with Gasteiger partial charge in [-0.3, -0.25) is 9.89 Å². The molecule has 1 atom stereocenters. The van der Waals surface area contributed by atoms with E-state index in [1.54, 1.807) is 0 Å². The Morgan fingerprint density at radius 1 is 1.04 bits per heavy atom. The van der Waals surface area contributed by atoms with E-state index in [-0.39, 0.29) is 24.0 Å². The third-order valence-electron chi connectivity index (χ3n) is 4.57. The first-order chi connectivity index (χ1) is 11.2. The minimum atomic E-state index is 0. The van der Waals surface area contributed by atoms with Gasteiger partial charge in [0, 0.05) is 45.3 Å². The molecule has 0 aliphatic carbocycles. The lowest BCUT2D eigenvalue weighted by Gasteiger charge is -2.33. The number of halogens is 1. The van der Waals surface area contributed by atoms with Crippen molar-refractivity contribution in [1.82, 2.24) is 20.4 Å². The molecular formula is C18H40IN5. The maximum atomic E-state index is 4.75. The molecule has 5 nitrogen and oxygen atoms in total. The molecular weight excluding hydrogens is 413 g/mol. The number of hydrogen-bond donors (Lipinski definition) is 2. The summed E-state index contributed by atoms with van der Waals surface area (Å²) in [5.74, 6) is 0.976. The van der Waals surface area contributed by atoms with Crippen LogP contribution in [0.2, 0.25) is 0 Å². The van der Waals surface area contributed by atoms with E-state index < -0.39 is 0 Å². The lowest BCUT2D eigenvalue weighted by Crippen LogP contribution is -2.47. The van der Waals surface area contributed by atoms with Crippen molar-refractivity contribution in [2.45, 2.75) is 59.4 Å². The minimum absolute atomic E-state index is 0. The fourth-order valence-corrected chi connectivity index (χ4v) is 2.96. The lowest BCUT2D eigenvalue weighted by molar-refractivity contribution is 0.140. The maximum Gasteiger partial charge on any atom is 0.191 e. The highest BCUT2D eigenvalue weighted by Crippen LogP contribution is 2.03. The topological polar surface area (TPSA) is 42.9 Å². The normalized spacial score (nSPS) is 18.1. The van der Waals surface area contributed by atoms with E-state index >= 15 is 0 Å². The molecule has 1 aliphatic rings. The zero-order valence-corrected chi connectivity index (χ0v) is 18.6. The monoisotopic (exact) mass is 453 g/mol. The van der Waals surface area contributed by atoms with Crippen LogP contribution in [0.1, 0.15) is 53.4 Å². The van der Waals surface area contributed by atoms with E-state index in [1.807, 2.05) is 0 Å². The van der Waals surface area contributed by atoms with Crippen LogP contribution in [0.3, 0.4) is 0 Å². The molecule has 1 fully saturated rings. The van der Waals surface area contributed by atoms with Gasteiger partial charge in [-0.2, -0.15) is 0 Å². The molecule has 1 heterocycles. The molecule has 0 amide bonds. The van der Waals surface area contributed by atoms with E-state index in [1.165, 1.54) is 58.4 Å². The summed E-state index contributed by atoms with van der Waals surface area (Å²) < 4.78 is 0. The number of likely N-dealkylation sites (N-methyl/N-ethyl adjacent to an activating group) is 1. The highest BCUT2D eigenvalue weighted by Gasteiger charge is 2.14. The van der Waals surface area contributed by atoms with Gasteiger partial charge in [-0.1, -0.05) is 33.1 Å². The van der Waals surface area contributed by atoms with E-state index in [4.69, 9.17) is 4.99 Å². The van der Waals surface area contributed by atoms with Crippen LogP contribution in [0.25, 0.3) is 0 Å². The molecule has 0 bridgehead atoms. The first-order valence-corrected chi connectivity index (χ1v) is 9.69. The second-order valence-corrected chi connectivity index (χ2v) is 6.58. The highest BCUT2D eigenvalue weighted by atomic mass is 127. The Morgan fingerprint density at radius 2 is 1.71 bits per heavy atom. The molecule has 0 aromatic heterocycles. The number of unbranched alkanes of at least 4 members (excludes halogenated alkanes) is 2. The Balaban J connectivity index is 0.00000529. The second kappa shape index (κ2) is 15.2. The molecule has 0 spiro atoms. The third-order valence-corrected chi connectivity index (χ3v) is 4.57. The van der Waals surface area contributed by atoms with Gasteiger partial charge in [0.2, 0.25) is 0 Å². The molecule has 144 valence electrons. The molecule has 0 radical (unpaired) electrons. The molecule has 1 rings (SSSR count). The number of nitrogens with zero attached hydrogens (tertiary/aromatic N) is 3. The molecule has 6 heteroatoms. The summed E-state index contributed by atoms with van der Waals surface area (Å²) in [6.45, 7) is 17.7. The van der Waals surface area contributed by atoms with Gasteiger partial charge >= 0.3 is 0 Å². The molecule has 24 heavy (non-hydrogen) atoms. The van der Waals surface area contributed by atoms with Crippen molar-refractivity contribution in [2.75, 3.05) is 52.4 Å². The van der Waals surface area contributed by atoms with Gasteiger partial charge in [-0.15, -0.1) is 24.0 Å². The Hall–Kier alpha value is -0.0800. The summed E-state index contributed by atoms with van der Waals surface area (Å²) in [4.78, 5) is 9.80. The minimum Gasteiger partial charge on any atom is -0.357 e. The van der Waals surface area contributed by atoms with Crippen LogP contribution in [0, 0.1) is 0 Å². The zero-order valence-electron chi connectivity index (χ0n) is 16.3. The van der Waals surface area contributed by atoms with Crippen LogP contribution >= 0.6 is 24.0 Å². The first-order valence-electron chi connectivity index (χ1n) is 9.69. The molecule has 1 unspecified atom stereocenters. The smallest absolute Gasteiger partial charge is 0.191 e. The van der Waals surface area contributed by atoms with Gasteiger partial charge < -0.3 is 15.5 Å². The quantitative estimate of drug-likeness (QED) is 0.231. The summed E-state index contributed by atoms with van der Waals surface area (Å²) in [5.41, 5.74) is 0. The number of nitrogens with one attached hydrogen (secondary N) is 2. The summed E-state index contributed by atoms with van der Waals surface area (Å²) in [6.07, 6.45) is 5.12. The van der Waals surface area contributed by atoms with Crippen molar-refractivity contribution in [3.8, 4) is 0 Å². The van der Waals surface area contributed by atoms with E-state index in [9.17, 15) is 0 Å². The number of guanidine groups is 1. The maximum absolute atomic E-state index is 4.75. The summed E-state index contributed by atoms with van der Waals surface area (Å²) in [5, 5.41) is 6.91. The van der Waals surface area contributed by atoms with E-state index in [0.717, 1.165) is 25.6 Å². The molecule has 2 N–H and O–H groups in total. The fourth-order valence-electron chi connectivity index (χ4n) is 2.96. The average Bonchev–Trinajstić information content (AvgIpc) is 2.56. The van der Waals surface area contributed by atoms with Gasteiger partial charge in [-0.25, -0.2) is 0 Å². The number of rotatable bonds is 10. The van der Waals surface area contributed by atoms with Gasteiger partial charge in [0.25, 0.3) is 0 Å². The van der Waals surface area contributed by atoms with Gasteiger partial charge in [0.1, 0.15) is 0 Å². The van der Waals surface area contributed by atoms with Crippen LogP contribution in [0.4, 0.5) is 0 Å². The number of piperazine rings is 1. The van der Waals surface area contributed by atoms with Crippen molar-refractivity contribution in [3.05, 3.63) is 0 Å².